The van der Waals surface area contributed by atoms with E-state index in [1.54, 1.807) is 0 Å². The Labute approximate surface area is 117 Å². The fourth-order valence-corrected chi connectivity index (χ4v) is 3.41. The molecule has 2 bridgehead atoms. The van der Waals surface area contributed by atoms with Gasteiger partial charge in [-0.2, -0.15) is 0 Å². The van der Waals surface area contributed by atoms with Gasteiger partial charge in [-0.1, -0.05) is 15.9 Å². The summed E-state index contributed by atoms with van der Waals surface area (Å²) in [6.45, 7) is 2.98. The van der Waals surface area contributed by atoms with Crippen LogP contribution in [0.5, 0.6) is 0 Å². The molecule has 98 valence electrons. The number of hydrogen-bond donors (Lipinski definition) is 1. The fourth-order valence-electron chi connectivity index (χ4n) is 3.01. The Balaban J connectivity index is 1.86. The Morgan fingerprint density at radius 1 is 1.33 bits per heavy atom. The van der Waals surface area contributed by atoms with Crippen LogP contribution in [0.25, 0.3) is 0 Å². The van der Waals surface area contributed by atoms with E-state index in [0.717, 1.165) is 24.1 Å². The highest BCUT2D eigenvalue weighted by Crippen LogP contribution is 2.32. The lowest BCUT2D eigenvalue weighted by atomic mass is 10.1. The highest BCUT2D eigenvalue weighted by Gasteiger charge is 2.34. The molecule has 3 rings (SSSR count). The molecule has 0 radical (unpaired) electrons. The zero-order valence-corrected chi connectivity index (χ0v) is 12.2. The van der Waals surface area contributed by atoms with Crippen LogP contribution in [0.2, 0.25) is 0 Å². The molecular weight excluding hydrogens is 292 g/mol. The average Bonchev–Trinajstić information content (AvgIpc) is 2.69. The minimum atomic E-state index is 0.440. The van der Waals surface area contributed by atoms with E-state index >= 15 is 0 Å². The topological polar surface area (TPSA) is 24.5 Å². The maximum atomic E-state index is 5.91. The van der Waals surface area contributed by atoms with Crippen LogP contribution in [0.3, 0.4) is 0 Å². The van der Waals surface area contributed by atoms with Gasteiger partial charge in [0, 0.05) is 29.8 Å². The Morgan fingerprint density at radius 2 is 2.06 bits per heavy atom. The molecule has 3 nitrogen and oxygen atoms in total. The van der Waals surface area contributed by atoms with Crippen molar-refractivity contribution in [1.29, 1.82) is 0 Å². The molecule has 2 aliphatic rings. The van der Waals surface area contributed by atoms with Gasteiger partial charge in [-0.25, -0.2) is 0 Å². The Hall–Kier alpha value is -0.580. The van der Waals surface area contributed by atoms with E-state index in [1.165, 1.54) is 24.1 Å². The minimum Gasteiger partial charge on any atom is -0.371 e. The molecule has 0 saturated carbocycles. The number of hydrogen-bond acceptors (Lipinski definition) is 3. The maximum Gasteiger partial charge on any atom is 0.0755 e. The summed E-state index contributed by atoms with van der Waals surface area (Å²) in [6.07, 6.45) is 3.32. The summed E-state index contributed by atoms with van der Waals surface area (Å²) >= 11 is 3.56. The molecule has 4 heteroatoms. The van der Waals surface area contributed by atoms with Crippen LogP contribution < -0.4 is 10.2 Å². The largest absolute Gasteiger partial charge is 0.371 e. The SMILES string of the molecule is CNCc1cc(Br)ccc1N1CC2CCC(C1)O2. The third-order valence-corrected chi connectivity index (χ3v) is 4.29. The van der Waals surface area contributed by atoms with Gasteiger partial charge in [0.05, 0.1) is 12.2 Å². The van der Waals surface area contributed by atoms with E-state index in [9.17, 15) is 0 Å². The van der Waals surface area contributed by atoms with Gasteiger partial charge >= 0.3 is 0 Å². The molecule has 18 heavy (non-hydrogen) atoms. The number of fused-ring (bicyclic) bond motifs is 2. The zero-order valence-electron chi connectivity index (χ0n) is 10.7. The van der Waals surface area contributed by atoms with Gasteiger partial charge in [-0.05, 0) is 43.7 Å². The van der Waals surface area contributed by atoms with Crippen molar-refractivity contribution in [3.05, 3.63) is 28.2 Å². The highest BCUT2D eigenvalue weighted by molar-refractivity contribution is 9.10. The summed E-state index contributed by atoms with van der Waals surface area (Å²) in [6, 6.07) is 6.57. The second-order valence-corrected chi connectivity index (χ2v) is 6.08. The van der Waals surface area contributed by atoms with Crippen LogP contribution >= 0.6 is 15.9 Å². The van der Waals surface area contributed by atoms with Crippen LogP contribution in [-0.4, -0.2) is 32.3 Å². The van der Waals surface area contributed by atoms with E-state index in [1.807, 2.05) is 7.05 Å². The zero-order chi connectivity index (χ0) is 12.5. The molecule has 2 atom stereocenters. The molecule has 2 fully saturated rings. The first-order valence-corrected chi connectivity index (χ1v) is 7.39. The van der Waals surface area contributed by atoms with Crippen molar-refractivity contribution >= 4 is 21.6 Å². The molecule has 2 unspecified atom stereocenters. The number of nitrogens with zero attached hydrogens (tertiary/aromatic N) is 1. The Morgan fingerprint density at radius 3 is 2.72 bits per heavy atom. The van der Waals surface area contributed by atoms with Crippen LogP contribution in [0.1, 0.15) is 18.4 Å². The maximum absolute atomic E-state index is 5.91. The van der Waals surface area contributed by atoms with Gasteiger partial charge in [0.1, 0.15) is 0 Å². The Bertz CT molecular complexity index is 426. The second-order valence-electron chi connectivity index (χ2n) is 5.17. The van der Waals surface area contributed by atoms with Gasteiger partial charge in [-0.3, -0.25) is 0 Å². The van der Waals surface area contributed by atoms with Crippen LogP contribution in [0.4, 0.5) is 5.69 Å². The van der Waals surface area contributed by atoms with Gasteiger partial charge in [-0.15, -0.1) is 0 Å². The number of nitrogens with one attached hydrogen (secondary N) is 1. The molecule has 0 aromatic heterocycles. The van der Waals surface area contributed by atoms with E-state index < -0.39 is 0 Å². The van der Waals surface area contributed by atoms with Crippen LogP contribution in [-0.2, 0) is 11.3 Å². The van der Waals surface area contributed by atoms with Gasteiger partial charge < -0.3 is 15.0 Å². The number of halogens is 1. The van der Waals surface area contributed by atoms with Crippen LogP contribution in [0.15, 0.2) is 22.7 Å². The van der Waals surface area contributed by atoms with Crippen molar-refractivity contribution in [3.8, 4) is 0 Å². The summed E-state index contributed by atoms with van der Waals surface area (Å²) in [7, 11) is 1.99. The molecular formula is C14H19BrN2O. The third kappa shape index (κ3) is 2.42. The fraction of sp³-hybridized carbons (Fsp3) is 0.571. The van der Waals surface area contributed by atoms with E-state index in [0.29, 0.717) is 12.2 Å². The standard InChI is InChI=1S/C14H19BrN2O/c1-16-7-10-6-11(15)2-5-14(10)17-8-12-3-4-13(9-17)18-12/h2,5-6,12-13,16H,3-4,7-9H2,1H3. The number of morpholine rings is 1. The first-order valence-electron chi connectivity index (χ1n) is 6.59. The predicted molar refractivity (Wildman–Crippen MR) is 77.0 cm³/mol. The van der Waals surface area contributed by atoms with Gasteiger partial charge in [0.2, 0.25) is 0 Å². The smallest absolute Gasteiger partial charge is 0.0755 e. The van der Waals surface area contributed by atoms with Gasteiger partial charge in [0.25, 0.3) is 0 Å². The molecule has 2 aliphatic heterocycles. The predicted octanol–water partition coefficient (Wildman–Crippen LogP) is 2.54. The molecule has 1 aromatic rings. The van der Waals surface area contributed by atoms with Crippen molar-refractivity contribution < 1.29 is 4.74 Å². The van der Waals surface area contributed by atoms with Crippen LogP contribution in [0, 0.1) is 0 Å². The van der Waals surface area contributed by atoms with Crippen molar-refractivity contribution in [1.82, 2.24) is 5.32 Å². The number of ether oxygens (including phenoxy) is 1. The molecule has 1 aromatic carbocycles. The Kier molecular flexibility index (Phi) is 3.59. The molecule has 0 amide bonds. The van der Waals surface area contributed by atoms with Crippen molar-refractivity contribution in [2.45, 2.75) is 31.6 Å². The third-order valence-electron chi connectivity index (χ3n) is 3.79. The number of benzene rings is 1. The monoisotopic (exact) mass is 310 g/mol. The molecule has 2 heterocycles. The average molecular weight is 311 g/mol. The molecule has 0 spiro atoms. The summed E-state index contributed by atoms with van der Waals surface area (Å²) < 4.78 is 7.05. The summed E-state index contributed by atoms with van der Waals surface area (Å²) in [4.78, 5) is 2.49. The lowest BCUT2D eigenvalue weighted by Gasteiger charge is -2.35. The highest BCUT2D eigenvalue weighted by atomic mass is 79.9. The van der Waals surface area contributed by atoms with E-state index in [-0.39, 0.29) is 0 Å². The quantitative estimate of drug-likeness (QED) is 0.928. The van der Waals surface area contributed by atoms with E-state index in [4.69, 9.17) is 4.74 Å². The van der Waals surface area contributed by atoms with Crippen molar-refractivity contribution in [2.24, 2.45) is 0 Å². The lowest BCUT2D eigenvalue weighted by Crippen LogP contribution is -2.43. The lowest BCUT2D eigenvalue weighted by molar-refractivity contribution is 0.0304. The normalized spacial score (nSPS) is 26.7. The number of anilines is 1. The second kappa shape index (κ2) is 5.19. The van der Waals surface area contributed by atoms with Crippen molar-refractivity contribution in [2.75, 3.05) is 25.0 Å². The van der Waals surface area contributed by atoms with E-state index in [2.05, 4.69) is 44.3 Å². The van der Waals surface area contributed by atoms with Gasteiger partial charge in [0.15, 0.2) is 0 Å². The summed E-state index contributed by atoms with van der Waals surface area (Å²) in [5.74, 6) is 0. The summed E-state index contributed by atoms with van der Waals surface area (Å²) in [5.41, 5.74) is 2.71. The summed E-state index contributed by atoms with van der Waals surface area (Å²) in [5, 5.41) is 3.25. The molecule has 1 N–H and O–H groups in total. The van der Waals surface area contributed by atoms with Crippen molar-refractivity contribution in [3.63, 3.8) is 0 Å². The first-order chi connectivity index (χ1) is 8.76. The molecule has 0 aliphatic carbocycles. The minimum absolute atomic E-state index is 0.440. The number of rotatable bonds is 3. The first kappa shape index (κ1) is 12.5. The molecule has 2 saturated heterocycles.